The van der Waals surface area contributed by atoms with Crippen molar-refractivity contribution in [1.82, 2.24) is 14.7 Å². The lowest BCUT2D eigenvalue weighted by atomic mass is 9.74. The van der Waals surface area contributed by atoms with E-state index in [0.29, 0.717) is 18.8 Å². The van der Waals surface area contributed by atoms with Gasteiger partial charge >= 0.3 is 5.97 Å². The minimum absolute atomic E-state index is 0.0309. The zero-order valence-corrected chi connectivity index (χ0v) is 33.3. The fourth-order valence-corrected chi connectivity index (χ4v) is 8.90. The topological polar surface area (TPSA) is 101 Å². The van der Waals surface area contributed by atoms with E-state index in [1.807, 2.05) is 32.8 Å². The van der Waals surface area contributed by atoms with Crippen LogP contribution in [0.5, 0.6) is 0 Å². The summed E-state index contributed by atoms with van der Waals surface area (Å²) in [4.78, 5) is 35.1. The molecule has 3 aliphatic rings. The third-order valence-corrected chi connectivity index (χ3v) is 12.1. The van der Waals surface area contributed by atoms with Crippen LogP contribution < -0.4 is 0 Å². The SMILES string of the molecule is CCN1C[C@H](C)C[C@@](C)(OC)[C@H](O[C@@H]2O[C@H](C)C[C@H](N(C)C)[C@H]2O)[C@@H](C)C(=O)C(C)(C)C(=O)OC[C@@H]1CCCN1CCC(c2ccccc2)CC1. The van der Waals surface area contributed by atoms with Crippen LogP contribution >= 0.6 is 0 Å². The Morgan fingerprint density at radius 1 is 1.04 bits per heavy atom. The predicted molar refractivity (Wildman–Crippen MR) is 201 cm³/mol. The lowest BCUT2D eigenvalue weighted by Crippen LogP contribution is -2.59. The van der Waals surface area contributed by atoms with Crippen LogP contribution in [0.15, 0.2) is 30.3 Å². The van der Waals surface area contributed by atoms with E-state index >= 15 is 0 Å². The Morgan fingerprint density at radius 2 is 1.71 bits per heavy atom. The van der Waals surface area contributed by atoms with Crippen LogP contribution in [-0.4, -0.2) is 134 Å². The number of hydrogen-bond donors (Lipinski definition) is 1. The largest absolute Gasteiger partial charge is 0.463 e. The van der Waals surface area contributed by atoms with Gasteiger partial charge in [-0.2, -0.15) is 0 Å². The van der Waals surface area contributed by atoms with Gasteiger partial charge < -0.3 is 33.9 Å². The number of aliphatic hydroxyl groups is 1. The summed E-state index contributed by atoms with van der Waals surface area (Å²) in [5.41, 5.74) is -0.881. The van der Waals surface area contributed by atoms with Crippen LogP contribution in [0.25, 0.3) is 0 Å². The van der Waals surface area contributed by atoms with E-state index in [-0.39, 0.29) is 36.5 Å². The summed E-state index contributed by atoms with van der Waals surface area (Å²) in [5, 5.41) is 11.4. The Kier molecular flexibility index (Phi) is 15.1. The normalized spacial score (nSPS) is 35.5. The molecule has 10 nitrogen and oxygen atoms in total. The number of Topliss-reactive ketones (excluding diaryl/α,β-unsaturated/α-hetero) is 1. The van der Waals surface area contributed by atoms with Crippen molar-refractivity contribution in [3.05, 3.63) is 35.9 Å². The van der Waals surface area contributed by atoms with Gasteiger partial charge in [-0.25, -0.2) is 0 Å². The van der Waals surface area contributed by atoms with Gasteiger partial charge in [-0.1, -0.05) is 51.1 Å². The zero-order valence-electron chi connectivity index (χ0n) is 33.3. The van der Waals surface area contributed by atoms with Gasteiger partial charge in [0.15, 0.2) is 12.1 Å². The molecule has 3 heterocycles. The first-order valence-electron chi connectivity index (χ1n) is 19.5. The molecule has 0 bridgehead atoms. The summed E-state index contributed by atoms with van der Waals surface area (Å²) in [6.07, 6.45) is 2.68. The maximum Gasteiger partial charge on any atom is 0.319 e. The molecule has 1 aromatic carbocycles. The molecule has 1 N–H and O–H groups in total. The van der Waals surface area contributed by atoms with Gasteiger partial charge in [0, 0.05) is 31.7 Å². The van der Waals surface area contributed by atoms with E-state index in [2.05, 4.69) is 54.0 Å². The lowest BCUT2D eigenvalue weighted by molar-refractivity contribution is -0.295. The molecule has 0 aromatic heterocycles. The van der Waals surface area contributed by atoms with Crippen LogP contribution in [-0.2, 0) is 28.5 Å². The highest BCUT2D eigenvalue weighted by atomic mass is 16.7. The van der Waals surface area contributed by atoms with Crippen LogP contribution in [0, 0.1) is 17.3 Å². The highest BCUT2D eigenvalue weighted by Gasteiger charge is 2.51. The average Bonchev–Trinajstić information content (AvgIpc) is 3.11. The standard InChI is InChI=1S/C41H69N3O7/c1-11-44-26-28(2)25-41(7,48-10)37(51-38-35(45)34(42(8)9)24-29(3)50-38)30(4)36(46)40(5,6)39(47)49-27-33(44)18-15-21-43-22-19-32(20-23-43)31-16-13-12-14-17-31/h12-14,16-17,28-30,32-35,37-38,45H,11,15,18-27H2,1-10H3/t28-,29-,30+,33+,34+,35-,37-,38+,41-/m1/s1. The molecular weight excluding hydrogens is 646 g/mol. The molecule has 290 valence electrons. The Morgan fingerprint density at radius 3 is 2.31 bits per heavy atom. The van der Waals surface area contributed by atoms with Crippen molar-refractivity contribution in [2.45, 2.75) is 135 Å². The number of hydrogen-bond acceptors (Lipinski definition) is 10. The smallest absolute Gasteiger partial charge is 0.319 e. The number of ketones is 1. The Bertz CT molecular complexity index is 1240. The molecule has 0 saturated carbocycles. The fraction of sp³-hybridized carbons (Fsp3) is 0.805. The third kappa shape index (κ3) is 10.4. The number of cyclic esters (lactones) is 1. The van der Waals surface area contributed by atoms with Crippen molar-refractivity contribution >= 4 is 11.8 Å². The minimum atomic E-state index is -1.41. The highest BCUT2D eigenvalue weighted by Crippen LogP contribution is 2.38. The van der Waals surface area contributed by atoms with Crippen molar-refractivity contribution in [3.63, 3.8) is 0 Å². The predicted octanol–water partition coefficient (Wildman–Crippen LogP) is 5.37. The maximum absolute atomic E-state index is 14.3. The van der Waals surface area contributed by atoms with Gasteiger partial charge in [-0.15, -0.1) is 0 Å². The summed E-state index contributed by atoms with van der Waals surface area (Å²) >= 11 is 0. The second-order valence-electron chi connectivity index (χ2n) is 16.7. The third-order valence-electron chi connectivity index (χ3n) is 12.1. The van der Waals surface area contributed by atoms with Gasteiger partial charge in [0.2, 0.25) is 0 Å². The van der Waals surface area contributed by atoms with E-state index in [1.54, 1.807) is 27.9 Å². The molecule has 0 radical (unpaired) electrons. The average molecular weight is 716 g/mol. The Balaban J connectivity index is 1.51. The number of esters is 1. The second-order valence-corrected chi connectivity index (χ2v) is 16.7. The summed E-state index contributed by atoms with van der Waals surface area (Å²) in [7, 11) is 5.53. The zero-order chi connectivity index (χ0) is 37.5. The van der Waals surface area contributed by atoms with Gasteiger partial charge in [-0.05, 0) is 124 Å². The quantitative estimate of drug-likeness (QED) is 0.252. The van der Waals surface area contributed by atoms with Crippen molar-refractivity contribution in [3.8, 4) is 0 Å². The first-order valence-corrected chi connectivity index (χ1v) is 19.5. The highest BCUT2D eigenvalue weighted by molar-refractivity contribution is 6.04. The molecule has 0 spiro atoms. The molecule has 9 atom stereocenters. The minimum Gasteiger partial charge on any atom is -0.463 e. The number of nitrogens with zero attached hydrogens (tertiary/aromatic N) is 3. The molecule has 1 aromatic rings. The van der Waals surface area contributed by atoms with Gasteiger partial charge in [0.05, 0.1) is 17.8 Å². The Labute approximate surface area is 308 Å². The van der Waals surface area contributed by atoms with Gasteiger partial charge in [0.25, 0.3) is 0 Å². The van der Waals surface area contributed by atoms with Crippen molar-refractivity contribution in [1.29, 1.82) is 0 Å². The maximum atomic E-state index is 14.3. The number of carbonyl (C=O) groups is 2. The van der Waals surface area contributed by atoms with E-state index in [9.17, 15) is 14.7 Å². The molecule has 51 heavy (non-hydrogen) atoms. The molecule has 0 unspecified atom stereocenters. The number of rotatable bonds is 10. The van der Waals surface area contributed by atoms with E-state index in [4.69, 9.17) is 18.9 Å². The number of likely N-dealkylation sites (N-methyl/N-ethyl adjacent to an activating group) is 2. The van der Waals surface area contributed by atoms with Gasteiger partial charge in [0.1, 0.15) is 18.1 Å². The van der Waals surface area contributed by atoms with Crippen LogP contribution in [0.1, 0.15) is 98.5 Å². The molecule has 4 rings (SSSR count). The Hall–Kier alpha value is -1.92. The summed E-state index contributed by atoms with van der Waals surface area (Å²) in [6, 6.07) is 10.7. The molecule has 3 saturated heterocycles. The van der Waals surface area contributed by atoms with Crippen LogP contribution in [0.2, 0.25) is 0 Å². The van der Waals surface area contributed by atoms with Crippen molar-refractivity contribution in [2.24, 2.45) is 17.3 Å². The molecule has 3 fully saturated rings. The number of carbonyl (C=O) groups excluding carboxylic acids is 2. The number of piperidine rings is 1. The molecular formula is C41H69N3O7. The summed E-state index contributed by atoms with van der Waals surface area (Å²) < 4.78 is 25.2. The number of benzene rings is 1. The van der Waals surface area contributed by atoms with Crippen LogP contribution in [0.3, 0.4) is 0 Å². The number of aliphatic hydroxyl groups excluding tert-OH is 1. The van der Waals surface area contributed by atoms with Gasteiger partial charge in [-0.3, -0.25) is 14.5 Å². The lowest BCUT2D eigenvalue weighted by Gasteiger charge is -2.47. The van der Waals surface area contributed by atoms with E-state index < -0.39 is 41.4 Å². The number of ether oxygens (including phenoxy) is 4. The monoisotopic (exact) mass is 716 g/mol. The fourth-order valence-electron chi connectivity index (χ4n) is 8.90. The van der Waals surface area contributed by atoms with Crippen LogP contribution in [0.4, 0.5) is 0 Å². The molecule has 0 aliphatic carbocycles. The molecule has 10 heteroatoms. The summed E-state index contributed by atoms with van der Waals surface area (Å²) in [6.45, 7) is 18.5. The van der Waals surface area contributed by atoms with E-state index in [0.717, 1.165) is 45.6 Å². The van der Waals surface area contributed by atoms with E-state index in [1.165, 1.54) is 18.4 Å². The molecule has 0 amide bonds. The first kappa shape index (κ1) is 41.8. The second kappa shape index (κ2) is 18.4. The summed E-state index contributed by atoms with van der Waals surface area (Å²) in [5.74, 6) is -0.759. The number of likely N-dealkylation sites (tertiary alicyclic amines) is 1. The number of methoxy groups -OCH3 is 1. The van der Waals surface area contributed by atoms with Crippen molar-refractivity contribution < 1.29 is 33.6 Å². The molecule has 3 aliphatic heterocycles. The first-order chi connectivity index (χ1) is 24.1. The van der Waals surface area contributed by atoms with Crippen molar-refractivity contribution in [2.75, 3.05) is 60.5 Å².